The molecule has 10 heteroatoms. The van der Waals surface area contributed by atoms with E-state index < -0.39 is 24.0 Å². The van der Waals surface area contributed by atoms with Crippen molar-refractivity contribution < 1.29 is 24.3 Å². The van der Waals surface area contributed by atoms with Crippen LogP contribution in [0.3, 0.4) is 0 Å². The molecule has 3 amide bonds. The summed E-state index contributed by atoms with van der Waals surface area (Å²) in [6, 6.07) is 17.6. The molecule has 2 fully saturated rings. The fraction of sp³-hybridized carbons (Fsp3) is 0.267. The molecule has 2 aliphatic heterocycles. The van der Waals surface area contributed by atoms with Gasteiger partial charge in [0.05, 0.1) is 12.6 Å². The predicted octanol–water partition coefficient (Wildman–Crippen LogP) is 3.16. The lowest BCUT2D eigenvalue weighted by Gasteiger charge is -2.40. The van der Waals surface area contributed by atoms with Gasteiger partial charge in [-0.05, 0) is 73.0 Å². The Labute approximate surface area is 240 Å². The second kappa shape index (κ2) is 11.5. The van der Waals surface area contributed by atoms with Crippen molar-refractivity contribution in [2.45, 2.75) is 37.4 Å². The van der Waals surface area contributed by atoms with Crippen LogP contribution in [0, 0.1) is 0 Å². The number of carbonyl (C=O) groups is 4. The molecule has 0 aliphatic carbocycles. The summed E-state index contributed by atoms with van der Waals surface area (Å²) in [6.45, 7) is 0.254. The van der Waals surface area contributed by atoms with Crippen LogP contribution in [0.2, 0.25) is 0 Å². The number of hydrogen-bond acceptors (Lipinski definition) is 6. The molecule has 4 N–H and O–H groups in total. The van der Waals surface area contributed by atoms with Crippen molar-refractivity contribution in [2.75, 3.05) is 18.8 Å². The molecule has 40 heavy (non-hydrogen) atoms. The summed E-state index contributed by atoms with van der Waals surface area (Å²) >= 11 is 3.37. The van der Waals surface area contributed by atoms with Gasteiger partial charge in [-0.15, -0.1) is 0 Å². The Balaban J connectivity index is 1.40. The highest BCUT2D eigenvalue weighted by atomic mass is 79.9. The van der Waals surface area contributed by atoms with Gasteiger partial charge in [0.25, 0.3) is 11.8 Å². The third-order valence-electron chi connectivity index (χ3n) is 7.42. The number of piperidine rings is 1. The number of rotatable bonds is 6. The van der Waals surface area contributed by atoms with E-state index in [1.807, 2.05) is 0 Å². The number of hydrogen-bond donors (Lipinski definition) is 3. The van der Waals surface area contributed by atoms with Crippen LogP contribution < -0.4 is 11.1 Å². The molecule has 0 bridgehead atoms. The van der Waals surface area contributed by atoms with Gasteiger partial charge in [0.2, 0.25) is 5.91 Å². The molecular weight excluding hydrogens is 576 g/mol. The van der Waals surface area contributed by atoms with Crippen LogP contribution in [-0.4, -0.2) is 69.6 Å². The van der Waals surface area contributed by atoms with Gasteiger partial charge >= 0.3 is 0 Å². The maximum absolute atomic E-state index is 14.1. The molecule has 3 aromatic carbocycles. The molecule has 0 radical (unpaired) electrons. The fourth-order valence-electron chi connectivity index (χ4n) is 5.47. The summed E-state index contributed by atoms with van der Waals surface area (Å²) in [7, 11) is 0. The molecule has 0 saturated carbocycles. The monoisotopic (exact) mass is 604 g/mol. The number of amides is 3. The van der Waals surface area contributed by atoms with E-state index in [2.05, 4.69) is 21.2 Å². The minimum Gasteiger partial charge on any atom is -0.508 e. The minimum absolute atomic E-state index is 0.0879. The zero-order valence-electron chi connectivity index (χ0n) is 21.6. The van der Waals surface area contributed by atoms with Crippen molar-refractivity contribution in [2.24, 2.45) is 0 Å². The quantitative estimate of drug-likeness (QED) is 0.370. The Morgan fingerprint density at radius 1 is 1.00 bits per heavy atom. The average Bonchev–Trinajstić information content (AvgIpc) is 3.30. The number of halogens is 1. The Morgan fingerprint density at radius 3 is 2.42 bits per heavy atom. The van der Waals surface area contributed by atoms with Gasteiger partial charge in [-0.3, -0.25) is 19.2 Å². The Kier molecular flexibility index (Phi) is 7.88. The van der Waals surface area contributed by atoms with E-state index >= 15 is 0 Å². The third kappa shape index (κ3) is 5.72. The maximum atomic E-state index is 14.1. The van der Waals surface area contributed by atoms with Gasteiger partial charge in [-0.25, -0.2) is 0 Å². The number of nitrogens with one attached hydrogen (secondary N) is 1. The molecular formula is C30H29BrN4O5. The number of phenols is 1. The SMILES string of the molecule is Nc1ccc(C(=O)N2CC(=O)[C@@H]3C2CCCN3C(=O)C(Cc2ccc(O)cc2)NC(=O)c2cccc(Br)c2)cc1. The van der Waals surface area contributed by atoms with E-state index in [9.17, 15) is 24.3 Å². The van der Waals surface area contributed by atoms with Crippen molar-refractivity contribution >= 4 is 45.1 Å². The standard InChI is InChI=1S/C30H29BrN4O5/c31-21-4-1-3-20(16-21)28(38)33-24(15-18-6-12-23(36)13-7-18)30(40)34-14-2-5-25-27(34)26(37)17-35(25)29(39)19-8-10-22(32)11-9-19/h1,3-4,6-13,16,24-25,27,36H,2,5,14-15,17,32H2,(H,33,38)/t24?,25?,27-/m0/s1. The predicted molar refractivity (Wildman–Crippen MR) is 153 cm³/mol. The summed E-state index contributed by atoms with van der Waals surface area (Å²) in [5.74, 6) is -1.21. The van der Waals surface area contributed by atoms with Crippen LogP contribution in [0.4, 0.5) is 5.69 Å². The van der Waals surface area contributed by atoms with Crippen molar-refractivity contribution in [3.05, 3.63) is 94.0 Å². The zero-order valence-corrected chi connectivity index (χ0v) is 23.2. The van der Waals surface area contributed by atoms with E-state index in [1.165, 1.54) is 17.0 Å². The number of nitrogens with zero attached hydrogens (tertiary/aromatic N) is 2. The first kappa shape index (κ1) is 27.4. The first-order chi connectivity index (χ1) is 19.2. The van der Waals surface area contributed by atoms with Crippen LogP contribution in [-0.2, 0) is 16.0 Å². The van der Waals surface area contributed by atoms with Crippen molar-refractivity contribution in [1.29, 1.82) is 0 Å². The van der Waals surface area contributed by atoms with E-state index in [4.69, 9.17) is 5.73 Å². The van der Waals surface area contributed by atoms with E-state index in [-0.39, 0.29) is 36.3 Å². The molecule has 5 rings (SSSR count). The number of nitrogens with two attached hydrogens (primary N) is 1. The van der Waals surface area contributed by atoms with Crippen molar-refractivity contribution in [3.8, 4) is 5.75 Å². The van der Waals surface area contributed by atoms with Gasteiger partial charge in [0.15, 0.2) is 5.78 Å². The number of ketones is 1. The number of phenolic OH excluding ortho intramolecular Hbond substituents is 1. The van der Waals surface area contributed by atoms with Crippen LogP contribution in [0.15, 0.2) is 77.3 Å². The molecule has 2 saturated heterocycles. The Morgan fingerprint density at radius 2 is 1.73 bits per heavy atom. The maximum Gasteiger partial charge on any atom is 0.254 e. The summed E-state index contributed by atoms with van der Waals surface area (Å²) in [4.78, 5) is 56.9. The summed E-state index contributed by atoms with van der Waals surface area (Å²) in [5.41, 5.74) is 7.84. The first-order valence-corrected chi connectivity index (χ1v) is 13.8. The van der Waals surface area contributed by atoms with E-state index in [1.54, 1.807) is 65.6 Å². The first-order valence-electron chi connectivity index (χ1n) is 13.1. The summed E-state index contributed by atoms with van der Waals surface area (Å²) in [6.07, 6.45) is 1.36. The van der Waals surface area contributed by atoms with Gasteiger partial charge in [0.1, 0.15) is 17.8 Å². The highest BCUT2D eigenvalue weighted by Gasteiger charge is 2.50. The van der Waals surface area contributed by atoms with Gasteiger partial charge in [-0.2, -0.15) is 0 Å². The Hall–Kier alpha value is -4.18. The molecule has 2 heterocycles. The molecule has 3 aromatic rings. The largest absolute Gasteiger partial charge is 0.508 e. The van der Waals surface area contributed by atoms with Gasteiger partial charge in [-0.1, -0.05) is 34.1 Å². The lowest BCUT2D eigenvalue weighted by Crippen LogP contribution is -2.59. The highest BCUT2D eigenvalue weighted by molar-refractivity contribution is 9.10. The zero-order chi connectivity index (χ0) is 28.4. The second-order valence-electron chi connectivity index (χ2n) is 10.1. The number of nitrogen functional groups attached to an aromatic ring is 1. The lowest BCUT2D eigenvalue weighted by molar-refractivity contribution is -0.141. The third-order valence-corrected chi connectivity index (χ3v) is 7.92. The number of Topliss-reactive ketones (excluding diaryl/α,β-unsaturated/α-hetero) is 1. The smallest absolute Gasteiger partial charge is 0.254 e. The molecule has 0 spiro atoms. The normalized spacial score (nSPS) is 19.2. The number of benzene rings is 3. The molecule has 3 atom stereocenters. The van der Waals surface area contributed by atoms with Gasteiger partial charge in [0, 0.05) is 34.3 Å². The van der Waals surface area contributed by atoms with Crippen LogP contribution in [0.5, 0.6) is 5.75 Å². The Bertz CT molecular complexity index is 1440. The molecule has 2 aliphatic rings. The van der Waals surface area contributed by atoms with Crippen LogP contribution >= 0.6 is 15.9 Å². The van der Waals surface area contributed by atoms with Crippen molar-refractivity contribution in [3.63, 3.8) is 0 Å². The molecule has 2 unspecified atom stereocenters. The molecule has 0 aromatic heterocycles. The topological polar surface area (TPSA) is 133 Å². The second-order valence-corrected chi connectivity index (χ2v) is 11.0. The number of carbonyl (C=O) groups excluding carboxylic acids is 4. The van der Waals surface area contributed by atoms with Gasteiger partial charge < -0.3 is 26.0 Å². The lowest BCUT2D eigenvalue weighted by atomic mass is 9.94. The van der Waals surface area contributed by atoms with Crippen molar-refractivity contribution in [1.82, 2.24) is 15.1 Å². The average molecular weight is 605 g/mol. The number of likely N-dealkylation sites (tertiary alicyclic amines) is 2. The highest BCUT2D eigenvalue weighted by Crippen LogP contribution is 2.31. The van der Waals surface area contributed by atoms with E-state index in [0.29, 0.717) is 36.2 Å². The molecule has 206 valence electrons. The van der Waals surface area contributed by atoms with E-state index in [0.717, 1.165) is 10.0 Å². The minimum atomic E-state index is -0.968. The molecule has 9 nitrogen and oxygen atoms in total. The number of aromatic hydroxyl groups is 1. The fourth-order valence-corrected chi connectivity index (χ4v) is 5.87. The number of anilines is 1. The number of fused-ring (bicyclic) bond motifs is 1. The summed E-state index contributed by atoms with van der Waals surface area (Å²) < 4.78 is 0.725. The van der Waals surface area contributed by atoms with Crippen LogP contribution in [0.25, 0.3) is 0 Å². The summed E-state index contributed by atoms with van der Waals surface area (Å²) in [5, 5.41) is 12.6. The van der Waals surface area contributed by atoms with Crippen LogP contribution in [0.1, 0.15) is 39.1 Å².